The van der Waals surface area contributed by atoms with E-state index in [1.807, 2.05) is 55.4 Å². The molecule has 1 aliphatic heterocycles. The van der Waals surface area contributed by atoms with Gasteiger partial charge in [0.25, 0.3) is 0 Å². The second-order valence-electron chi connectivity index (χ2n) is 12.5. The molecule has 7 heteroatoms. The average Bonchev–Trinajstić information content (AvgIpc) is 3.00. The first-order valence-electron chi connectivity index (χ1n) is 10.9. The normalized spacial score (nSPS) is 34.3. The summed E-state index contributed by atoms with van der Waals surface area (Å²) in [6, 6.07) is 0. The molecule has 0 spiro atoms. The standard InChI is InChI=1S/C23H37NO5S/c1-20(2,3)16-17(21(4,5)6)19(27)24(18(16)26)13-30(28,29)12-23-10-9-14(11-15(23)25)22(23,7)8/h14,16-17H,9-13H2,1-8H3. The molecular formula is C23H37NO5S. The van der Waals surface area contributed by atoms with E-state index >= 15 is 0 Å². The van der Waals surface area contributed by atoms with Crippen LogP contribution in [0.15, 0.2) is 0 Å². The maximum Gasteiger partial charge on any atom is 0.234 e. The number of nitrogens with zero attached hydrogens (tertiary/aromatic N) is 1. The van der Waals surface area contributed by atoms with E-state index in [0.717, 1.165) is 11.3 Å². The molecule has 3 aliphatic rings. The minimum Gasteiger partial charge on any atom is -0.299 e. The third kappa shape index (κ3) is 3.35. The van der Waals surface area contributed by atoms with Crippen LogP contribution in [0.2, 0.25) is 0 Å². The van der Waals surface area contributed by atoms with Crippen LogP contribution in [0.1, 0.15) is 74.7 Å². The average molecular weight is 440 g/mol. The highest BCUT2D eigenvalue weighted by Crippen LogP contribution is 2.64. The number of likely N-dealkylation sites (tertiary alicyclic amines) is 1. The molecule has 0 N–H and O–H groups in total. The molecule has 0 radical (unpaired) electrons. The molecule has 4 atom stereocenters. The molecule has 2 bridgehead atoms. The molecule has 30 heavy (non-hydrogen) atoms. The topological polar surface area (TPSA) is 88.6 Å². The van der Waals surface area contributed by atoms with Gasteiger partial charge in [0.15, 0.2) is 9.84 Å². The first kappa shape index (κ1) is 23.4. The lowest BCUT2D eigenvalue weighted by Crippen LogP contribution is -2.46. The molecule has 0 aromatic carbocycles. The molecule has 0 aromatic heterocycles. The molecule has 6 nitrogen and oxygen atoms in total. The third-order valence-electron chi connectivity index (χ3n) is 8.19. The van der Waals surface area contributed by atoms with Crippen molar-refractivity contribution in [2.45, 2.75) is 74.7 Å². The maximum absolute atomic E-state index is 13.3. The molecule has 2 aliphatic carbocycles. The van der Waals surface area contributed by atoms with Crippen molar-refractivity contribution in [2.75, 3.05) is 11.6 Å². The molecule has 1 saturated heterocycles. The fourth-order valence-corrected chi connectivity index (χ4v) is 8.49. The zero-order valence-electron chi connectivity index (χ0n) is 19.7. The highest BCUT2D eigenvalue weighted by atomic mass is 32.2. The Kier molecular flexibility index (Phi) is 5.18. The Morgan fingerprint density at radius 3 is 1.73 bits per heavy atom. The highest BCUT2D eigenvalue weighted by molar-refractivity contribution is 7.91. The number of sulfone groups is 1. The predicted molar refractivity (Wildman–Crippen MR) is 115 cm³/mol. The van der Waals surface area contributed by atoms with E-state index < -0.39 is 55.6 Å². The van der Waals surface area contributed by atoms with E-state index in [1.165, 1.54) is 0 Å². The third-order valence-corrected chi connectivity index (χ3v) is 9.78. The van der Waals surface area contributed by atoms with Crippen LogP contribution in [0, 0.1) is 39.4 Å². The first-order chi connectivity index (χ1) is 13.4. The monoisotopic (exact) mass is 439 g/mol. The zero-order chi connectivity index (χ0) is 23.1. The summed E-state index contributed by atoms with van der Waals surface area (Å²) in [5, 5.41) is 0. The van der Waals surface area contributed by atoms with Gasteiger partial charge in [-0.15, -0.1) is 0 Å². The van der Waals surface area contributed by atoms with E-state index in [-0.39, 0.29) is 22.9 Å². The van der Waals surface area contributed by atoms with Gasteiger partial charge in [-0.1, -0.05) is 55.4 Å². The lowest BCUT2D eigenvalue weighted by Gasteiger charge is -2.36. The van der Waals surface area contributed by atoms with Gasteiger partial charge in [-0.2, -0.15) is 0 Å². The zero-order valence-corrected chi connectivity index (χ0v) is 20.5. The van der Waals surface area contributed by atoms with Crippen LogP contribution >= 0.6 is 0 Å². The predicted octanol–water partition coefficient (Wildman–Crippen LogP) is 3.45. The van der Waals surface area contributed by atoms with Crippen LogP contribution in [0.4, 0.5) is 0 Å². The summed E-state index contributed by atoms with van der Waals surface area (Å²) >= 11 is 0. The number of imide groups is 1. The van der Waals surface area contributed by atoms with Crippen molar-refractivity contribution in [2.24, 2.45) is 39.4 Å². The Labute approximate surface area is 181 Å². The second kappa shape index (κ2) is 6.63. The highest BCUT2D eigenvalue weighted by Gasteiger charge is 2.65. The van der Waals surface area contributed by atoms with Gasteiger partial charge in [0.05, 0.1) is 17.6 Å². The van der Waals surface area contributed by atoms with Gasteiger partial charge in [0, 0.05) is 11.8 Å². The van der Waals surface area contributed by atoms with Crippen molar-refractivity contribution < 1.29 is 22.8 Å². The number of rotatable bonds is 4. The summed E-state index contributed by atoms with van der Waals surface area (Å²) in [5.41, 5.74) is -2.21. The lowest BCUT2D eigenvalue weighted by atomic mass is 9.65. The van der Waals surface area contributed by atoms with Gasteiger partial charge in [-0.3, -0.25) is 19.3 Å². The Hall–Kier alpha value is -1.24. The number of carbonyl (C=O) groups is 3. The fraction of sp³-hybridized carbons (Fsp3) is 0.870. The molecule has 0 aromatic rings. The Bertz CT molecular complexity index is 858. The second-order valence-corrected chi connectivity index (χ2v) is 14.5. The van der Waals surface area contributed by atoms with Gasteiger partial charge in [0.2, 0.25) is 11.8 Å². The summed E-state index contributed by atoms with van der Waals surface area (Å²) in [7, 11) is -3.84. The van der Waals surface area contributed by atoms with Crippen molar-refractivity contribution in [3.05, 3.63) is 0 Å². The van der Waals surface area contributed by atoms with Crippen molar-refractivity contribution >= 4 is 27.4 Å². The van der Waals surface area contributed by atoms with Crippen LogP contribution < -0.4 is 0 Å². The van der Waals surface area contributed by atoms with Gasteiger partial charge in [0.1, 0.15) is 11.7 Å². The SMILES string of the molecule is CC(C)(C)C1C(=O)N(CS(=O)(=O)CC23CCC(CC2=O)C3(C)C)C(=O)C1C(C)(C)C. The number of amides is 2. The molecule has 2 amide bonds. The number of ketones is 1. The maximum atomic E-state index is 13.3. The van der Waals surface area contributed by atoms with E-state index in [2.05, 4.69) is 0 Å². The number of Topliss-reactive ketones (excluding diaryl/α,β-unsaturated/α-hetero) is 1. The molecular weight excluding hydrogens is 402 g/mol. The minimum absolute atomic E-state index is 0.0199. The summed E-state index contributed by atoms with van der Waals surface area (Å²) < 4.78 is 26.5. The van der Waals surface area contributed by atoms with Gasteiger partial charge in [-0.25, -0.2) is 8.42 Å². The Balaban J connectivity index is 1.91. The van der Waals surface area contributed by atoms with Crippen LogP contribution in [0.25, 0.3) is 0 Å². The molecule has 4 unspecified atom stereocenters. The minimum atomic E-state index is -3.84. The van der Waals surface area contributed by atoms with Gasteiger partial charge in [-0.05, 0) is 35.0 Å². The largest absolute Gasteiger partial charge is 0.299 e. The molecule has 3 rings (SSSR count). The van der Waals surface area contributed by atoms with Crippen LogP contribution in [-0.2, 0) is 24.2 Å². The molecule has 2 saturated carbocycles. The summed E-state index contributed by atoms with van der Waals surface area (Å²) in [4.78, 5) is 40.2. The quantitative estimate of drug-likeness (QED) is 0.626. The first-order valence-corrected chi connectivity index (χ1v) is 12.8. The summed E-state index contributed by atoms with van der Waals surface area (Å²) in [5.74, 6) is -2.63. The van der Waals surface area contributed by atoms with Crippen LogP contribution in [0.5, 0.6) is 0 Å². The van der Waals surface area contributed by atoms with Gasteiger partial charge < -0.3 is 0 Å². The van der Waals surface area contributed by atoms with Crippen molar-refractivity contribution in [3.8, 4) is 0 Å². The smallest absolute Gasteiger partial charge is 0.234 e. The lowest BCUT2D eigenvalue weighted by molar-refractivity contribution is -0.139. The molecule has 3 fully saturated rings. The van der Waals surface area contributed by atoms with E-state index in [0.29, 0.717) is 12.8 Å². The Morgan fingerprint density at radius 1 is 0.933 bits per heavy atom. The number of carbonyl (C=O) groups excluding carboxylic acids is 3. The van der Waals surface area contributed by atoms with E-state index in [4.69, 9.17) is 0 Å². The van der Waals surface area contributed by atoms with Crippen LogP contribution in [-0.4, -0.2) is 42.5 Å². The number of fused-ring (bicyclic) bond motifs is 2. The number of hydrogen-bond acceptors (Lipinski definition) is 5. The number of hydrogen-bond donors (Lipinski definition) is 0. The summed E-state index contributed by atoms with van der Waals surface area (Å²) in [6.45, 7) is 15.5. The Morgan fingerprint density at radius 2 is 1.40 bits per heavy atom. The molecule has 1 heterocycles. The molecule has 170 valence electrons. The van der Waals surface area contributed by atoms with Gasteiger partial charge >= 0.3 is 0 Å². The van der Waals surface area contributed by atoms with Crippen molar-refractivity contribution in [1.82, 2.24) is 4.90 Å². The van der Waals surface area contributed by atoms with E-state index in [9.17, 15) is 22.8 Å². The summed E-state index contributed by atoms with van der Waals surface area (Å²) in [6.07, 6.45) is 1.86. The van der Waals surface area contributed by atoms with Crippen molar-refractivity contribution in [1.29, 1.82) is 0 Å². The van der Waals surface area contributed by atoms with Crippen LogP contribution in [0.3, 0.4) is 0 Å². The van der Waals surface area contributed by atoms with Crippen molar-refractivity contribution in [3.63, 3.8) is 0 Å². The fourth-order valence-electron chi connectivity index (χ4n) is 6.32. The van der Waals surface area contributed by atoms with E-state index in [1.54, 1.807) is 0 Å².